The van der Waals surface area contributed by atoms with E-state index in [4.69, 9.17) is 0 Å². The smallest absolute Gasteiger partial charge is 0.262 e. The van der Waals surface area contributed by atoms with E-state index in [9.17, 15) is 8.42 Å². The summed E-state index contributed by atoms with van der Waals surface area (Å²) in [7, 11) is -3.59. The zero-order valence-electron chi connectivity index (χ0n) is 14.8. The van der Waals surface area contributed by atoms with Crippen LogP contribution >= 0.6 is 0 Å². The van der Waals surface area contributed by atoms with Crippen molar-refractivity contribution in [3.8, 4) is 0 Å². The van der Waals surface area contributed by atoms with Crippen LogP contribution in [0.2, 0.25) is 0 Å². The maximum Gasteiger partial charge on any atom is 0.262 e. The number of anilines is 2. The van der Waals surface area contributed by atoms with E-state index in [1.54, 1.807) is 37.3 Å². The minimum absolute atomic E-state index is 0.158. The van der Waals surface area contributed by atoms with E-state index in [0.717, 1.165) is 11.3 Å². The summed E-state index contributed by atoms with van der Waals surface area (Å²) < 4.78 is 27.7. The van der Waals surface area contributed by atoms with Crippen molar-refractivity contribution in [3.63, 3.8) is 0 Å². The van der Waals surface area contributed by atoms with Crippen LogP contribution < -0.4 is 10.0 Å². The van der Waals surface area contributed by atoms with Crippen LogP contribution in [0.1, 0.15) is 24.1 Å². The van der Waals surface area contributed by atoms with E-state index in [1.165, 1.54) is 5.56 Å². The van der Waals surface area contributed by atoms with Gasteiger partial charge in [0.1, 0.15) is 0 Å². The summed E-state index contributed by atoms with van der Waals surface area (Å²) in [6.45, 7) is 3.87. The molecular formula is C21H22N2O2S. The van der Waals surface area contributed by atoms with E-state index in [2.05, 4.69) is 29.1 Å². The van der Waals surface area contributed by atoms with Gasteiger partial charge in [0.05, 0.1) is 4.90 Å². The SMILES string of the molecule is Cc1ccccc1S(=O)(=O)Nc1ccc(NC(C)c2ccccc2)cc1. The van der Waals surface area contributed by atoms with E-state index in [1.807, 2.05) is 36.4 Å². The van der Waals surface area contributed by atoms with E-state index >= 15 is 0 Å². The van der Waals surface area contributed by atoms with Crippen LogP contribution in [-0.4, -0.2) is 8.42 Å². The average molecular weight is 366 g/mol. The van der Waals surface area contributed by atoms with Gasteiger partial charge in [-0.05, 0) is 55.3 Å². The first-order valence-corrected chi connectivity index (χ1v) is 9.94. The number of benzene rings is 3. The molecule has 3 aromatic rings. The highest BCUT2D eigenvalue weighted by Crippen LogP contribution is 2.23. The maximum atomic E-state index is 12.5. The number of hydrogen-bond donors (Lipinski definition) is 2. The zero-order valence-corrected chi connectivity index (χ0v) is 15.6. The highest BCUT2D eigenvalue weighted by Gasteiger charge is 2.16. The lowest BCUT2D eigenvalue weighted by molar-refractivity contribution is 0.600. The fourth-order valence-corrected chi connectivity index (χ4v) is 4.08. The molecule has 26 heavy (non-hydrogen) atoms. The molecule has 0 heterocycles. The van der Waals surface area contributed by atoms with Crippen molar-refractivity contribution in [2.24, 2.45) is 0 Å². The number of aryl methyl sites for hydroxylation is 1. The molecule has 0 spiro atoms. The van der Waals surface area contributed by atoms with Crippen LogP contribution in [0.4, 0.5) is 11.4 Å². The Bertz CT molecular complexity index is 968. The maximum absolute atomic E-state index is 12.5. The third-order valence-corrected chi connectivity index (χ3v) is 5.74. The molecular weight excluding hydrogens is 344 g/mol. The van der Waals surface area contributed by atoms with E-state index in [0.29, 0.717) is 10.6 Å². The lowest BCUT2D eigenvalue weighted by Gasteiger charge is -2.16. The third-order valence-electron chi connectivity index (χ3n) is 4.20. The molecule has 0 aliphatic rings. The standard InChI is InChI=1S/C21H22N2O2S/c1-16-8-6-7-11-21(16)26(24,25)23-20-14-12-19(13-15-20)22-17(2)18-9-4-3-5-10-18/h3-15,17,22-23H,1-2H3. The van der Waals surface area contributed by atoms with Crippen LogP contribution in [-0.2, 0) is 10.0 Å². The molecule has 134 valence electrons. The van der Waals surface area contributed by atoms with Gasteiger partial charge in [-0.2, -0.15) is 0 Å². The van der Waals surface area contributed by atoms with Gasteiger partial charge in [0.2, 0.25) is 0 Å². The average Bonchev–Trinajstić information content (AvgIpc) is 2.64. The predicted octanol–water partition coefficient (Wildman–Crippen LogP) is 4.97. The van der Waals surface area contributed by atoms with Gasteiger partial charge >= 0.3 is 0 Å². The normalized spacial score (nSPS) is 12.4. The van der Waals surface area contributed by atoms with Crippen molar-refractivity contribution >= 4 is 21.4 Å². The fourth-order valence-electron chi connectivity index (χ4n) is 2.78. The van der Waals surface area contributed by atoms with Crippen molar-refractivity contribution in [2.45, 2.75) is 24.8 Å². The number of rotatable bonds is 6. The second-order valence-electron chi connectivity index (χ2n) is 6.23. The summed E-state index contributed by atoms with van der Waals surface area (Å²) in [5, 5.41) is 3.41. The number of nitrogens with one attached hydrogen (secondary N) is 2. The van der Waals surface area contributed by atoms with Crippen molar-refractivity contribution in [3.05, 3.63) is 90.0 Å². The van der Waals surface area contributed by atoms with Crippen molar-refractivity contribution < 1.29 is 8.42 Å². The molecule has 0 amide bonds. The largest absolute Gasteiger partial charge is 0.379 e. The molecule has 0 saturated heterocycles. The summed E-state index contributed by atoms with van der Waals surface area (Å²) in [4.78, 5) is 0.292. The monoisotopic (exact) mass is 366 g/mol. The quantitative estimate of drug-likeness (QED) is 0.648. The molecule has 3 rings (SSSR count). The molecule has 1 atom stereocenters. The van der Waals surface area contributed by atoms with Gasteiger partial charge < -0.3 is 5.32 Å². The van der Waals surface area contributed by atoms with Crippen LogP contribution in [0.15, 0.2) is 83.8 Å². The Hall–Kier alpha value is -2.79. The van der Waals surface area contributed by atoms with Gasteiger partial charge in [0.15, 0.2) is 0 Å². The molecule has 0 aromatic heterocycles. The molecule has 0 bridgehead atoms. The molecule has 5 heteroatoms. The Morgan fingerprint density at radius 2 is 1.35 bits per heavy atom. The Balaban J connectivity index is 1.71. The highest BCUT2D eigenvalue weighted by atomic mass is 32.2. The molecule has 1 unspecified atom stereocenters. The summed E-state index contributed by atoms with van der Waals surface area (Å²) in [5.41, 5.74) is 3.37. The summed E-state index contributed by atoms with van der Waals surface area (Å²) in [5.74, 6) is 0. The lowest BCUT2D eigenvalue weighted by atomic mass is 10.1. The van der Waals surface area contributed by atoms with E-state index in [-0.39, 0.29) is 6.04 Å². The predicted molar refractivity (Wildman–Crippen MR) is 107 cm³/mol. The Kier molecular flexibility index (Phi) is 5.28. The summed E-state index contributed by atoms with van der Waals surface area (Å²) in [6.07, 6.45) is 0. The third kappa shape index (κ3) is 4.24. The van der Waals surface area contributed by atoms with Crippen LogP contribution in [0.5, 0.6) is 0 Å². The van der Waals surface area contributed by atoms with Gasteiger partial charge in [-0.25, -0.2) is 8.42 Å². The first-order chi connectivity index (χ1) is 12.5. The van der Waals surface area contributed by atoms with Crippen LogP contribution in [0.25, 0.3) is 0 Å². The zero-order chi connectivity index (χ0) is 18.6. The first-order valence-electron chi connectivity index (χ1n) is 8.46. The summed E-state index contributed by atoms with van der Waals surface area (Å²) in [6, 6.07) is 24.5. The second kappa shape index (κ2) is 7.62. The van der Waals surface area contributed by atoms with Gasteiger partial charge in [-0.1, -0.05) is 48.5 Å². The second-order valence-corrected chi connectivity index (χ2v) is 7.88. The molecule has 2 N–H and O–H groups in total. The topological polar surface area (TPSA) is 58.2 Å². The highest BCUT2D eigenvalue weighted by molar-refractivity contribution is 7.92. The molecule has 0 aliphatic heterocycles. The summed E-state index contributed by atoms with van der Waals surface area (Å²) >= 11 is 0. The van der Waals surface area contributed by atoms with Gasteiger partial charge in [0.25, 0.3) is 10.0 Å². The molecule has 0 aliphatic carbocycles. The van der Waals surface area contributed by atoms with Crippen molar-refractivity contribution in [1.29, 1.82) is 0 Å². The molecule has 3 aromatic carbocycles. The van der Waals surface area contributed by atoms with Crippen LogP contribution in [0.3, 0.4) is 0 Å². The van der Waals surface area contributed by atoms with E-state index < -0.39 is 10.0 Å². The fraction of sp³-hybridized carbons (Fsp3) is 0.143. The Morgan fingerprint density at radius 1 is 0.769 bits per heavy atom. The van der Waals surface area contributed by atoms with Gasteiger partial charge in [0, 0.05) is 17.4 Å². The van der Waals surface area contributed by atoms with Crippen molar-refractivity contribution in [1.82, 2.24) is 0 Å². The number of sulfonamides is 1. The molecule has 0 saturated carbocycles. The van der Waals surface area contributed by atoms with Gasteiger partial charge in [-0.15, -0.1) is 0 Å². The number of hydrogen-bond acceptors (Lipinski definition) is 3. The molecule has 0 radical (unpaired) electrons. The van der Waals surface area contributed by atoms with Gasteiger partial charge in [-0.3, -0.25) is 4.72 Å². The minimum atomic E-state index is -3.59. The first kappa shape index (κ1) is 18.0. The Morgan fingerprint density at radius 3 is 2.00 bits per heavy atom. The van der Waals surface area contributed by atoms with Crippen LogP contribution in [0, 0.1) is 6.92 Å². The molecule has 4 nitrogen and oxygen atoms in total. The minimum Gasteiger partial charge on any atom is -0.379 e. The lowest BCUT2D eigenvalue weighted by Crippen LogP contribution is -2.14. The molecule has 0 fully saturated rings. The van der Waals surface area contributed by atoms with Crippen molar-refractivity contribution in [2.75, 3.05) is 10.0 Å². The Labute approximate surface area is 155 Å².